The number of H-pyrrole nitrogens is 1. The first-order chi connectivity index (χ1) is 9.60. The Labute approximate surface area is 127 Å². The van der Waals surface area contributed by atoms with Gasteiger partial charge in [0.1, 0.15) is 11.9 Å². The second-order valence-corrected chi connectivity index (χ2v) is 5.50. The van der Waals surface area contributed by atoms with Crippen molar-refractivity contribution in [3.8, 4) is 11.8 Å². The van der Waals surface area contributed by atoms with Crippen molar-refractivity contribution < 1.29 is 4.39 Å². The number of aromatic amines is 1. The number of nitrogens with one attached hydrogen (secondary N) is 1. The normalized spacial score (nSPS) is 10.7. The standard InChI is InChI=1S/C14H7BrFN3S/c15-9-1-4-12(8(5-9)7-17)19-13-6-10(16)2-3-11(13)18-14(19)20/h1-6H,(H,18,20). The Morgan fingerprint density at radius 2 is 2.05 bits per heavy atom. The van der Waals surface area contributed by atoms with E-state index in [9.17, 15) is 9.65 Å². The molecule has 0 radical (unpaired) electrons. The minimum Gasteiger partial charge on any atom is -0.330 e. The number of hydrogen-bond donors (Lipinski definition) is 1. The van der Waals surface area contributed by atoms with Gasteiger partial charge in [0.05, 0.1) is 22.3 Å². The number of halogens is 2. The monoisotopic (exact) mass is 347 g/mol. The molecule has 0 bridgehead atoms. The molecule has 0 aliphatic carbocycles. The van der Waals surface area contributed by atoms with Gasteiger partial charge in [0.25, 0.3) is 0 Å². The maximum absolute atomic E-state index is 13.5. The lowest BCUT2D eigenvalue weighted by molar-refractivity contribution is 0.629. The van der Waals surface area contributed by atoms with Gasteiger partial charge in [-0.3, -0.25) is 4.57 Å². The molecule has 0 atom stereocenters. The van der Waals surface area contributed by atoms with E-state index in [-0.39, 0.29) is 5.82 Å². The molecule has 0 unspecified atom stereocenters. The molecule has 0 aliphatic rings. The van der Waals surface area contributed by atoms with Gasteiger partial charge in [0.15, 0.2) is 4.77 Å². The van der Waals surface area contributed by atoms with Gasteiger partial charge in [-0.05, 0) is 42.5 Å². The van der Waals surface area contributed by atoms with Crippen LogP contribution in [0.1, 0.15) is 5.56 Å². The van der Waals surface area contributed by atoms with Crippen molar-refractivity contribution in [3.05, 3.63) is 57.0 Å². The first-order valence-corrected chi connectivity index (χ1v) is 6.90. The summed E-state index contributed by atoms with van der Waals surface area (Å²) in [5.74, 6) is -0.351. The Bertz CT molecular complexity index is 920. The molecular formula is C14H7BrFN3S. The van der Waals surface area contributed by atoms with Gasteiger partial charge in [-0.25, -0.2) is 4.39 Å². The quantitative estimate of drug-likeness (QED) is 0.660. The van der Waals surface area contributed by atoms with Crippen LogP contribution in [0.2, 0.25) is 0 Å². The van der Waals surface area contributed by atoms with Gasteiger partial charge in [0.2, 0.25) is 0 Å². The van der Waals surface area contributed by atoms with Crippen LogP contribution < -0.4 is 0 Å². The Hall–Kier alpha value is -1.97. The van der Waals surface area contributed by atoms with E-state index in [1.54, 1.807) is 22.8 Å². The fraction of sp³-hybridized carbons (Fsp3) is 0. The second-order valence-electron chi connectivity index (χ2n) is 4.20. The summed E-state index contributed by atoms with van der Waals surface area (Å²) in [6, 6.07) is 11.8. The van der Waals surface area contributed by atoms with Crippen LogP contribution in [0.3, 0.4) is 0 Å². The van der Waals surface area contributed by atoms with Crippen LogP contribution in [0, 0.1) is 21.9 Å². The highest BCUT2D eigenvalue weighted by Gasteiger charge is 2.11. The highest BCUT2D eigenvalue weighted by molar-refractivity contribution is 9.10. The molecule has 0 fully saturated rings. The van der Waals surface area contributed by atoms with Crippen molar-refractivity contribution in [2.45, 2.75) is 0 Å². The summed E-state index contributed by atoms with van der Waals surface area (Å²) in [5.41, 5.74) is 2.41. The van der Waals surface area contributed by atoms with Crippen molar-refractivity contribution >= 4 is 39.2 Å². The predicted molar refractivity (Wildman–Crippen MR) is 80.8 cm³/mol. The molecule has 6 heteroatoms. The first-order valence-electron chi connectivity index (χ1n) is 5.70. The average Bonchev–Trinajstić information content (AvgIpc) is 2.74. The number of aromatic nitrogens is 2. The van der Waals surface area contributed by atoms with Gasteiger partial charge >= 0.3 is 0 Å². The molecule has 20 heavy (non-hydrogen) atoms. The number of fused-ring (bicyclic) bond motifs is 1. The van der Waals surface area contributed by atoms with Gasteiger partial charge in [0, 0.05) is 10.5 Å². The van der Waals surface area contributed by atoms with Crippen LogP contribution in [-0.4, -0.2) is 9.55 Å². The SMILES string of the molecule is N#Cc1cc(Br)ccc1-n1c(=S)[nH]c2ccc(F)cc21. The topological polar surface area (TPSA) is 44.5 Å². The van der Waals surface area contributed by atoms with Gasteiger partial charge < -0.3 is 4.98 Å². The minimum absolute atomic E-state index is 0.351. The zero-order valence-electron chi connectivity index (χ0n) is 10.0. The van der Waals surface area contributed by atoms with Crippen LogP contribution in [-0.2, 0) is 0 Å². The molecule has 1 heterocycles. The van der Waals surface area contributed by atoms with Crippen molar-refractivity contribution in [2.75, 3.05) is 0 Å². The van der Waals surface area contributed by atoms with Gasteiger partial charge in [-0.1, -0.05) is 15.9 Å². The number of rotatable bonds is 1. The summed E-state index contributed by atoms with van der Waals surface area (Å²) in [6.45, 7) is 0. The van der Waals surface area contributed by atoms with Crippen molar-refractivity contribution in [1.29, 1.82) is 5.26 Å². The Morgan fingerprint density at radius 1 is 1.25 bits per heavy atom. The fourth-order valence-electron chi connectivity index (χ4n) is 2.11. The van der Waals surface area contributed by atoms with E-state index in [2.05, 4.69) is 27.0 Å². The van der Waals surface area contributed by atoms with Crippen LogP contribution in [0.15, 0.2) is 40.9 Å². The third-order valence-corrected chi connectivity index (χ3v) is 3.74. The Balaban J connectivity index is 2.41. The van der Waals surface area contributed by atoms with Gasteiger partial charge in [-0.15, -0.1) is 0 Å². The smallest absolute Gasteiger partial charge is 0.182 e. The van der Waals surface area contributed by atoms with Crippen LogP contribution in [0.5, 0.6) is 0 Å². The number of hydrogen-bond acceptors (Lipinski definition) is 2. The lowest BCUT2D eigenvalue weighted by atomic mass is 10.2. The molecule has 0 saturated carbocycles. The lowest BCUT2D eigenvalue weighted by Crippen LogP contribution is -1.97. The van der Waals surface area contributed by atoms with Crippen LogP contribution in [0.4, 0.5) is 4.39 Å². The number of imidazole rings is 1. The molecule has 3 nitrogen and oxygen atoms in total. The average molecular weight is 348 g/mol. The van der Waals surface area contributed by atoms with E-state index in [0.29, 0.717) is 21.5 Å². The predicted octanol–water partition coefficient (Wildman–Crippen LogP) is 4.46. The molecule has 1 N–H and O–H groups in total. The molecule has 1 aromatic heterocycles. The van der Waals surface area contributed by atoms with E-state index in [1.165, 1.54) is 12.1 Å². The summed E-state index contributed by atoms with van der Waals surface area (Å²) < 4.78 is 16.3. The summed E-state index contributed by atoms with van der Waals surface area (Å²) in [5, 5.41) is 9.26. The number of benzene rings is 2. The highest BCUT2D eigenvalue weighted by Crippen LogP contribution is 2.25. The molecular weight excluding hydrogens is 341 g/mol. The Morgan fingerprint density at radius 3 is 2.80 bits per heavy atom. The zero-order valence-corrected chi connectivity index (χ0v) is 12.4. The van der Waals surface area contributed by atoms with Crippen LogP contribution >= 0.6 is 28.1 Å². The van der Waals surface area contributed by atoms with Crippen molar-refractivity contribution in [1.82, 2.24) is 9.55 Å². The molecule has 0 amide bonds. The van der Waals surface area contributed by atoms with E-state index >= 15 is 0 Å². The van der Waals surface area contributed by atoms with E-state index in [0.717, 1.165) is 9.99 Å². The first kappa shape index (κ1) is 13.0. The molecule has 3 aromatic rings. The maximum Gasteiger partial charge on any atom is 0.182 e. The number of nitriles is 1. The molecule has 0 saturated heterocycles. The lowest BCUT2D eigenvalue weighted by Gasteiger charge is -2.07. The summed E-state index contributed by atoms with van der Waals surface area (Å²) >= 11 is 8.61. The molecule has 98 valence electrons. The van der Waals surface area contributed by atoms with E-state index in [1.807, 2.05) is 6.07 Å². The van der Waals surface area contributed by atoms with E-state index < -0.39 is 0 Å². The summed E-state index contributed by atoms with van der Waals surface area (Å²) in [4.78, 5) is 3.01. The van der Waals surface area contributed by atoms with Crippen molar-refractivity contribution in [2.24, 2.45) is 0 Å². The zero-order chi connectivity index (χ0) is 14.3. The summed E-state index contributed by atoms with van der Waals surface area (Å²) in [7, 11) is 0. The fourth-order valence-corrected chi connectivity index (χ4v) is 2.78. The maximum atomic E-state index is 13.5. The summed E-state index contributed by atoms with van der Waals surface area (Å²) in [6.07, 6.45) is 0. The number of nitrogens with zero attached hydrogens (tertiary/aromatic N) is 2. The molecule has 2 aromatic carbocycles. The second kappa shape index (κ2) is 4.85. The molecule has 0 spiro atoms. The highest BCUT2D eigenvalue weighted by atomic mass is 79.9. The Kier molecular flexibility index (Phi) is 3.16. The third kappa shape index (κ3) is 2.05. The van der Waals surface area contributed by atoms with Gasteiger partial charge in [-0.2, -0.15) is 5.26 Å². The van der Waals surface area contributed by atoms with Crippen molar-refractivity contribution in [3.63, 3.8) is 0 Å². The minimum atomic E-state index is -0.351. The largest absolute Gasteiger partial charge is 0.330 e. The molecule has 3 rings (SSSR count). The van der Waals surface area contributed by atoms with E-state index in [4.69, 9.17) is 12.2 Å². The molecule has 0 aliphatic heterocycles. The van der Waals surface area contributed by atoms with Crippen LogP contribution in [0.25, 0.3) is 16.7 Å². The third-order valence-electron chi connectivity index (χ3n) is 2.97.